The molecule has 0 aromatic heterocycles. The van der Waals surface area contributed by atoms with Crippen molar-refractivity contribution in [3.63, 3.8) is 0 Å². The Balaban J connectivity index is 1.75. The van der Waals surface area contributed by atoms with Crippen LogP contribution in [-0.4, -0.2) is 45.9 Å². The Morgan fingerprint density at radius 3 is 2.59 bits per heavy atom. The minimum atomic E-state index is -4.53. The van der Waals surface area contributed by atoms with E-state index in [0.717, 1.165) is 17.7 Å². The van der Waals surface area contributed by atoms with Gasteiger partial charge in [-0.25, -0.2) is 0 Å². The van der Waals surface area contributed by atoms with E-state index in [0.29, 0.717) is 49.9 Å². The lowest BCUT2D eigenvalue weighted by molar-refractivity contribution is -0.137. The maximum absolute atomic E-state index is 13.2. The molecule has 0 saturated carbocycles. The first kappa shape index (κ1) is 23.5. The van der Waals surface area contributed by atoms with Crippen LogP contribution in [0.5, 0.6) is 11.5 Å². The summed E-state index contributed by atoms with van der Waals surface area (Å²) in [6.07, 6.45) is -2.12. The average molecular weight is 450 g/mol. The van der Waals surface area contributed by atoms with E-state index in [4.69, 9.17) is 14.2 Å². The van der Waals surface area contributed by atoms with Gasteiger partial charge in [-0.1, -0.05) is 12.1 Å². The minimum Gasteiger partial charge on any atom is -0.493 e. The lowest BCUT2D eigenvalue weighted by Gasteiger charge is -2.31. The van der Waals surface area contributed by atoms with Gasteiger partial charge in [-0.15, -0.1) is 6.58 Å². The Morgan fingerprint density at radius 2 is 1.94 bits per heavy atom. The molecule has 0 aliphatic carbocycles. The number of amides is 1. The number of benzene rings is 2. The lowest BCUT2D eigenvalue weighted by atomic mass is 10.1. The van der Waals surface area contributed by atoms with E-state index in [9.17, 15) is 18.0 Å². The van der Waals surface area contributed by atoms with Crippen LogP contribution >= 0.6 is 0 Å². The number of carbonyl (C=O) groups is 1. The van der Waals surface area contributed by atoms with Crippen LogP contribution < -0.4 is 19.7 Å². The first-order chi connectivity index (χ1) is 15.3. The molecule has 0 radical (unpaired) electrons. The number of nitrogens with zero attached hydrogens (tertiary/aromatic N) is 1. The predicted molar refractivity (Wildman–Crippen MR) is 115 cm³/mol. The van der Waals surface area contributed by atoms with E-state index in [1.807, 2.05) is 11.0 Å². The average Bonchev–Trinajstić information content (AvgIpc) is 2.78. The van der Waals surface area contributed by atoms with E-state index in [2.05, 4.69) is 11.9 Å². The van der Waals surface area contributed by atoms with Gasteiger partial charge < -0.3 is 24.4 Å². The third-order valence-corrected chi connectivity index (χ3v) is 4.92. The monoisotopic (exact) mass is 450 g/mol. The van der Waals surface area contributed by atoms with Gasteiger partial charge in [-0.3, -0.25) is 4.79 Å². The molecule has 1 aliphatic heterocycles. The minimum absolute atomic E-state index is 0.0728. The van der Waals surface area contributed by atoms with Gasteiger partial charge in [-0.05, 0) is 42.3 Å². The highest BCUT2D eigenvalue weighted by atomic mass is 19.4. The maximum atomic E-state index is 13.2. The zero-order valence-electron chi connectivity index (χ0n) is 17.7. The van der Waals surface area contributed by atoms with Crippen molar-refractivity contribution in [2.24, 2.45) is 0 Å². The molecular formula is C23H25F3N2O4. The van der Waals surface area contributed by atoms with Crippen LogP contribution in [0, 0.1) is 0 Å². The van der Waals surface area contributed by atoms with Crippen LogP contribution in [-0.2, 0) is 22.1 Å². The highest BCUT2D eigenvalue weighted by Gasteiger charge is 2.32. The highest BCUT2D eigenvalue weighted by Crippen LogP contribution is 2.36. The second-order valence-electron chi connectivity index (χ2n) is 7.14. The number of halogens is 3. The SMILES string of the molecule is C=CCc1ccc(OCC(=O)Nc2cc(C(F)(F)F)ccc2N2CCOCC2)c(OC)c1. The summed E-state index contributed by atoms with van der Waals surface area (Å²) in [5, 5.41) is 2.56. The Bertz CT molecular complexity index is 957. The molecule has 9 heteroatoms. The molecule has 0 atom stereocenters. The predicted octanol–water partition coefficient (Wildman–Crippen LogP) is 4.30. The van der Waals surface area contributed by atoms with Crippen molar-refractivity contribution in [2.45, 2.75) is 12.6 Å². The molecular weight excluding hydrogens is 425 g/mol. The molecule has 1 saturated heterocycles. The molecule has 1 heterocycles. The number of hydrogen-bond donors (Lipinski definition) is 1. The Kier molecular flexibility index (Phi) is 7.63. The lowest BCUT2D eigenvalue weighted by Crippen LogP contribution is -2.37. The summed E-state index contributed by atoms with van der Waals surface area (Å²) >= 11 is 0. The number of hydrogen-bond acceptors (Lipinski definition) is 5. The number of morpholine rings is 1. The van der Waals surface area contributed by atoms with Gasteiger partial charge in [0.05, 0.1) is 37.3 Å². The second-order valence-corrected chi connectivity index (χ2v) is 7.14. The van der Waals surface area contributed by atoms with Crippen molar-refractivity contribution >= 4 is 17.3 Å². The van der Waals surface area contributed by atoms with Crippen molar-refractivity contribution in [3.8, 4) is 11.5 Å². The van der Waals surface area contributed by atoms with Crippen LogP contribution in [0.1, 0.15) is 11.1 Å². The topological polar surface area (TPSA) is 60.0 Å². The van der Waals surface area contributed by atoms with Gasteiger partial charge >= 0.3 is 6.18 Å². The maximum Gasteiger partial charge on any atom is 0.416 e. The fourth-order valence-electron chi connectivity index (χ4n) is 3.35. The summed E-state index contributed by atoms with van der Waals surface area (Å²) in [4.78, 5) is 14.4. The first-order valence-electron chi connectivity index (χ1n) is 10.1. The van der Waals surface area contributed by atoms with Gasteiger partial charge in [0, 0.05) is 13.1 Å². The fraction of sp³-hybridized carbons (Fsp3) is 0.348. The molecule has 0 spiro atoms. The third kappa shape index (κ3) is 5.94. The number of carbonyl (C=O) groups excluding carboxylic acids is 1. The van der Waals surface area contributed by atoms with E-state index < -0.39 is 24.3 Å². The van der Waals surface area contributed by atoms with Gasteiger partial charge in [-0.2, -0.15) is 13.2 Å². The number of rotatable bonds is 8. The molecule has 1 fully saturated rings. The smallest absolute Gasteiger partial charge is 0.416 e. The number of methoxy groups -OCH3 is 1. The molecule has 172 valence electrons. The zero-order valence-corrected chi connectivity index (χ0v) is 17.7. The van der Waals surface area contributed by atoms with Crippen molar-refractivity contribution in [1.82, 2.24) is 0 Å². The summed E-state index contributed by atoms with van der Waals surface area (Å²) < 4.78 is 55.9. The molecule has 3 rings (SSSR count). The number of alkyl halides is 3. The molecule has 32 heavy (non-hydrogen) atoms. The van der Waals surface area contributed by atoms with E-state index in [1.54, 1.807) is 18.2 Å². The fourth-order valence-corrected chi connectivity index (χ4v) is 3.35. The van der Waals surface area contributed by atoms with Crippen molar-refractivity contribution in [1.29, 1.82) is 0 Å². The zero-order chi connectivity index (χ0) is 23.1. The molecule has 0 bridgehead atoms. The van der Waals surface area contributed by atoms with E-state index >= 15 is 0 Å². The molecule has 1 aliphatic rings. The van der Waals surface area contributed by atoms with Gasteiger partial charge in [0.1, 0.15) is 0 Å². The Morgan fingerprint density at radius 1 is 1.19 bits per heavy atom. The Labute approximate surface area is 184 Å². The van der Waals surface area contributed by atoms with Crippen LogP contribution in [0.3, 0.4) is 0 Å². The third-order valence-electron chi connectivity index (χ3n) is 4.92. The number of allylic oxidation sites excluding steroid dienone is 1. The number of nitrogens with one attached hydrogen (secondary N) is 1. The van der Waals surface area contributed by atoms with E-state index in [1.165, 1.54) is 13.2 Å². The summed E-state index contributed by atoms with van der Waals surface area (Å²) in [7, 11) is 1.48. The molecule has 2 aromatic carbocycles. The highest BCUT2D eigenvalue weighted by molar-refractivity contribution is 5.95. The standard InChI is InChI=1S/C23H25F3N2O4/c1-3-4-16-5-8-20(21(13-16)30-2)32-15-22(29)27-18-14-17(23(24,25)26)6-7-19(18)28-9-11-31-12-10-28/h3,5-8,13-14H,1,4,9-12,15H2,2H3,(H,27,29). The van der Waals surface area contributed by atoms with Crippen molar-refractivity contribution in [3.05, 3.63) is 60.2 Å². The summed E-state index contributed by atoms with van der Waals surface area (Å²) in [5.74, 6) is 0.217. The summed E-state index contributed by atoms with van der Waals surface area (Å²) in [6, 6.07) is 8.58. The molecule has 0 unspecified atom stereocenters. The first-order valence-corrected chi connectivity index (χ1v) is 10.1. The second kappa shape index (κ2) is 10.4. The Hall–Kier alpha value is -3.20. The van der Waals surface area contributed by atoms with Crippen LogP contribution in [0.15, 0.2) is 49.1 Å². The van der Waals surface area contributed by atoms with Crippen molar-refractivity contribution in [2.75, 3.05) is 50.2 Å². The molecule has 2 aromatic rings. The van der Waals surface area contributed by atoms with Gasteiger partial charge in [0.2, 0.25) is 0 Å². The normalized spacial score (nSPS) is 14.1. The van der Waals surface area contributed by atoms with E-state index in [-0.39, 0.29) is 5.69 Å². The quantitative estimate of drug-likeness (QED) is 0.608. The summed E-state index contributed by atoms with van der Waals surface area (Å²) in [6.45, 7) is 5.24. The van der Waals surface area contributed by atoms with Crippen LogP contribution in [0.25, 0.3) is 0 Å². The number of anilines is 2. The van der Waals surface area contributed by atoms with Crippen LogP contribution in [0.4, 0.5) is 24.5 Å². The van der Waals surface area contributed by atoms with Crippen molar-refractivity contribution < 1.29 is 32.2 Å². The van der Waals surface area contributed by atoms with Crippen LogP contribution in [0.2, 0.25) is 0 Å². The van der Waals surface area contributed by atoms with Gasteiger partial charge in [0.15, 0.2) is 18.1 Å². The largest absolute Gasteiger partial charge is 0.493 e. The summed E-state index contributed by atoms with van der Waals surface area (Å²) in [5.41, 5.74) is 0.697. The number of ether oxygens (including phenoxy) is 3. The molecule has 1 N–H and O–H groups in total. The molecule has 1 amide bonds. The van der Waals surface area contributed by atoms with Gasteiger partial charge in [0.25, 0.3) is 5.91 Å². The molecule has 6 nitrogen and oxygen atoms in total.